The molecule has 1 fully saturated rings. The maximum atomic E-state index is 10.7. The van der Waals surface area contributed by atoms with Gasteiger partial charge in [0.1, 0.15) is 6.10 Å². The van der Waals surface area contributed by atoms with Crippen LogP contribution in [0, 0.1) is 5.92 Å². The van der Waals surface area contributed by atoms with Gasteiger partial charge in [-0.25, -0.2) is 0 Å². The van der Waals surface area contributed by atoms with Gasteiger partial charge in [0, 0.05) is 0 Å². The molecule has 1 N–H and O–H groups in total. The van der Waals surface area contributed by atoms with Crippen LogP contribution in [0.2, 0.25) is 0 Å². The molecule has 1 aromatic carbocycles. The lowest BCUT2D eigenvalue weighted by Crippen LogP contribution is -2.15. The summed E-state index contributed by atoms with van der Waals surface area (Å²) in [5.41, 5.74) is 3.16. The summed E-state index contributed by atoms with van der Waals surface area (Å²) in [6, 6.07) is 9.95. The molecule has 1 aliphatic rings. The fourth-order valence-corrected chi connectivity index (χ4v) is 2.97. The van der Waals surface area contributed by atoms with Crippen molar-refractivity contribution >= 4 is 0 Å². The zero-order valence-electron chi connectivity index (χ0n) is 11.8. The highest BCUT2D eigenvalue weighted by atomic mass is 16.3. The summed E-state index contributed by atoms with van der Waals surface area (Å²) in [5, 5.41) is 10.7. The highest BCUT2D eigenvalue weighted by Gasteiger charge is 2.24. The van der Waals surface area contributed by atoms with Crippen molar-refractivity contribution in [3.05, 3.63) is 59.7 Å². The van der Waals surface area contributed by atoms with Crippen LogP contribution in [0.25, 0.3) is 0 Å². The normalized spacial score (nSPS) is 19.2. The fourth-order valence-electron chi connectivity index (χ4n) is 2.97. The first-order valence-corrected chi connectivity index (χ1v) is 7.28. The molecule has 1 aliphatic carbocycles. The lowest BCUT2D eigenvalue weighted by molar-refractivity contribution is 0.191. The van der Waals surface area contributed by atoms with Gasteiger partial charge in [0.15, 0.2) is 0 Å². The minimum absolute atomic E-state index is 0.485. The van der Waals surface area contributed by atoms with Crippen LogP contribution in [0.5, 0.6) is 0 Å². The van der Waals surface area contributed by atoms with E-state index in [0.29, 0.717) is 5.92 Å². The number of aliphatic hydroxyl groups is 1. The smallest absolute Gasteiger partial charge is 0.101 e. The molecular weight excluding hydrogens is 232 g/mol. The summed E-state index contributed by atoms with van der Waals surface area (Å²) >= 11 is 0. The number of rotatable bonds is 4. The van der Waals surface area contributed by atoms with E-state index in [9.17, 15) is 5.11 Å². The van der Waals surface area contributed by atoms with Crippen LogP contribution in [0.4, 0.5) is 0 Å². The molecular formula is C18H24O. The van der Waals surface area contributed by atoms with Gasteiger partial charge in [0.25, 0.3) is 0 Å². The van der Waals surface area contributed by atoms with Gasteiger partial charge < -0.3 is 5.11 Å². The van der Waals surface area contributed by atoms with Crippen molar-refractivity contribution in [2.45, 2.75) is 45.1 Å². The molecule has 0 saturated heterocycles. The largest absolute Gasteiger partial charge is 0.384 e. The average molecular weight is 256 g/mol. The minimum atomic E-state index is -0.485. The van der Waals surface area contributed by atoms with Crippen molar-refractivity contribution < 1.29 is 5.11 Å². The minimum Gasteiger partial charge on any atom is -0.384 e. The molecule has 0 aliphatic heterocycles. The zero-order chi connectivity index (χ0) is 13.7. The molecule has 19 heavy (non-hydrogen) atoms. The Morgan fingerprint density at radius 1 is 1.21 bits per heavy atom. The highest BCUT2D eigenvalue weighted by molar-refractivity contribution is 5.31. The molecule has 1 atom stereocenters. The van der Waals surface area contributed by atoms with Gasteiger partial charge >= 0.3 is 0 Å². The van der Waals surface area contributed by atoms with Crippen molar-refractivity contribution in [1.82, 2.24) is 0 Å². The summed E-state index contributed by atoms with van der Waals surface area (Å²) in [5.74, 6) is 0.514. The van der Waals surface area contributed by atoms with Crippen molar-refractivity contribution in [3.63, 3.8) is 0 Å². The summed E-state index contributed by atoms with van der Waals surface area (Å²) in [6.45, 7) is 5.98. The van der Waals surface area contributed by atoms with Crippen molar-refractivity contribution in [2.75, 3.05) is 0 Å². The Bertz CT molecular complexity index is 438. The van der Waals surface area contributed by atoms with E-state index in [0.717, 1.165) is 16.7 Å². The number of hydrogen-bond acceptors (Lipinski definition) is 1. The van der Waals surface area contributed by atoms with E-state index in [-0.39, 0.29) is 0 Å². The fraction of sp³-hybridized carbons (Fsp3) is 0.444. The van der Waals surface area contributed by atoms with Crippen LogP contribution in [-0.4, -0.2) is 5.11 Å². The Labute approximate surface area is 116 Å². The van der Waals surface area contributed by atoms with E-state index in [1.54, 1.807) is 0 Å². The van der Waals surface area contributed by atoms with Crippen molar-refractivity contribution in [3.8, 4) is 0 Å². The number of hydrogen-bond donors (Lipinski definition) is 1. The average Bonchev–Trinajstić information content (AvgIpc) is 2.46. The Morgan fingerprint density at radius 3 is 2.42 bits per heavy atom. The van der Waals surface area contributed by atoms with Gasteiger partial charge in [-0.05, 0) is 36.8 Å². The maximum absolute atomic E-state index is 10.7. The molecule has 0 aromatic heterocycles. The maximum Gasteiger partial charge on any atom is 0.101 e. The van der Waals surface area contributed by atoms with Gasteiger partial charge in [-0.15, -0.1) is 0 Å². The van der Waals surface area contributed by atoms with Crippen LogP contribution >= 0.6 is 0 Å². The Morgan fingerprint density at radius 2 is 1.84 bits per heavy atom. The molecule has 0 amide bonds. The van der Waals surface area contributed by atoms with E-state index in [2.05, 4.69) is 12.7 Å². The van der Waals surface area contributed by atoms with Crippen molar-refractivity contribution in [1.29, 1.82) is 0 Å². The topological polar surface area (TPSA) is 20.2 Å². The zero-order valence-corrected chi connectivity index (χ0v) is 11.8. The Balaban J connectivity index is 2.24. The second-order valence-electron chi connectivity index (χ2n) is 5.64. The van der Waals surface area contributed by atoms with Crippen LogP contribution < -0.4 is 0 Å². The summed E-state index contributed by atoms with van der Waals surface area (Å²) in [4.78, 5) is 0. The molecule has 0 unspecified atom stereocenters. The van der Waals surface area contributed by atoms with E-state index in [1.807, 2.05) is 37.3 Å². The first kappa shape index (κ1) is 14.1. The molecule has 2 rings (SSSR count). The molecule has 1 nitrogen and oxygen atoms in total. The molecule has 0 heterocycles. The molecule has 0 bridgehead atoms. The second-order valence-corrected chi connectivity index (χ2v) is 5.64. The Kier molecular flexibility index (Phi) is 4.98. The van der Waals surface area contributed by atoms with E-state index >= 15 is 0 Å². The number of allylic oxidation sites excluding steroid dienone is 2. The first-order valence-electron chi connectivity index (χ1n) is 7.28. The highest BCUT2D eigenvalue weighted by Crippen LogP contribution is 2.37. The van der Waals surface area contributed by atoms with Gasteiger partial charge in [-0.3, -0.25) is 0 Å². The third-order valence-corrected chi connectivity index (χ3v) is 3.92. The molecule has 0 radical (unpaired) electrons. The third kappa shape index (κ3) is 3.81. The van der Waals surface area contributed by atoms with E-state index in [4.69, 9.17) is 0 Å². The summed E-state index contributed by atoms with van der Waals surface area (Å²) in [6.07, 6.45) is 7.89. The third-order valence-electron chi connectivity index (χ3n) is 3.92. The number of benzene rings is 1. The summed E-state index contributed by atoms with van der Waals surface area (Å²) < 4.78 is 0. The lowest BCUT2D eigenvalue weighted by atomic mass is 9.79. The SMILES string of the molecule is C=C(C)/C=C(\C1CCCCC1)[C@@H](O)c1ccccc1. The van der Waals surface area contributed by atoms with Crippen LogP contribution in [-0.2, 0) is 0 Å². The van der Waals surface area contributed by atoms with Crippen LogP contribution in [0.1, 0.15) is 50.7 Å². The van der Waals surface area contributed by atoms with Gasteiger partial charge in [0.05, 0.1) is 0 Å². The van der Waals surface area contributed by atoms with Crippen molar-refractivity contribution in [2.24, 2.45) is 5.92 Å². The van der Waals surface area contributed by atoms with Crippen LogP contribution in [0.15, 0.2) is 54.1 Å². The van der Waals surface area contributed by atoms with Crippen LogP contribution in [0.3, 0.4) is 0 Å². The quantitative estimate of drug-likeness (QED) is 0.767. The monoisotopic (exact) mass is 256 g/mol. The predicted molar refractivity (Wildman–Crippen MR) is 80.9 cm³/mol. The standard InChI is InChI=1S/C18H24O/c1-14(2)13-17(15-9-5-3-6-10-15)18(19)16-11-7-4-8-12-16/h4,7-8,11-13,15,18-19H,1,3,5-6,9-10H2,2H3/b17-13+/t18-/m0/s1. The predicted octanol–water partition coefficient (Wildman–Crippen LogP) is 4.80. The second kappa shape index (κ2) is 6.72. The lowest BCUT2D eigenvalue weighted by Gasteiger charge is -2.28. The van der Waals surface area contributed by atoms with E-state index in [1.165, 1.54) is 32.1 Å². The van der Waals surface area contributed by atoms with Gasteiger partial charge in [0.2, 0.25) is 0 Å². The molecule has 0 spiro atoms. The van der Waals surface area contributed by atoms with E-state index < -0.39 is 6.10 Å². The molecule has 1 saturated carbocycles. The summed E-state index contributed by atoms with van der Waals surface area (Å²) in [7, 11) is 0. The van der Waals surface area contributed by atoms with Gasteiger partial charge in [-0.1, -0.05) is 67.8 Å². The molecule has 1 heteroatoms. The molecule has 102 valence electrons. The number of aliphatic hydroxyl groups excluding tert-OH is 1. The van der Waals surface area contributed by atoms with Gasteiger partial charge in [-0.2, -0.15) is 0 Å². The molecule has 1 aromatic rings. The first-order chi connectivity index (χ1) is 9.18. The Hall–Kier alpha value is -1.34.